The molecule has 3 N–H and O–H groups in total. The second kappa shape index (κ2) is 5.17. The lowest BCUT2D eigenvalue weighted by molar-refractivity contribution is 0.247. The van der Waals surface area contributed by atoms with Crippen LogP contribution in [0.5, 0.6) is 0 Å². The van der Waals surface area contributed by atoms with Gasteiger partial charge in [0.15, 0.2) is 0 Å². The molecule has 15 heavy (non-hydrogen) atoms. The minimum atomic E-state index is -0.295. The summed E-state index contributed by atoms with van der Waals surface area (Å²) in [5, 5.41) is 10.2. The fourth-order valence-corrected chi connectivity index (χ4v) is 2.21. The van der Waals surface area contributed by atoms with Gasteiger partial charge >= 0.3 is 0 Å². The van der Waals surface area contributed by atoms with Crippen molar-refractivity contribution in [2.24, 2.45) is 5.73 Å². The van der Waals surface area contributed by atoms with Crippen molar-refractivity contribution in [1.82, 2.24) is 0 Å². The van der Waals surface area contributed by atoms with Gasteiger partial charge in [-0.1, -0.05) is 36.2 Å². The molecule has 4 heteroatoms. The van der Waals surface area contributed by atoms with E-state index in [1.165, 1.54) is 0 Å². The van der Waals surface area contributed by atoms with E-state index in [1.54, 1.807) is 12.1 Å². The topological polar surface area (TPSA) is 46.2 Å². The highest BCUT2D eigenvalue weighted by molar-refractivity contribution is 6.35. The lowest BCUT2D eigenvalue weighted by atomic mass is 9.80. The molecule has 1 aromatic rings. The van der Waals surface area contributed by atoms with E-state index in [0.717, 1.165) is 5.56 Å². The number of benzene rings is 1. The van der Waals surface area contributed by atoms with E-state index in [4.69, 9.17) is 34.0 Å². The molecule has 84 valence electrons. The Morgan fingerprint density at radius 2 is 2.07 bits per heavy atom. The maximum absolute atomic E-state index is 9.02. The Labute approximate surface area is 100.0 Å². The summed E-state index contributed by atoms with van der Waals surface area (Å²) in [6, 6.07) is 5.35. The number of rotatable bonds is 4. The molecule has 1 atom stereocenters. The minimum Gasteiger partial charge on any atom is -0.396 e. The summed E-state index contributed by atoms with van der Waals surface area (Å²) in [4.78, 5) is 0. The highest BCUT2D eigenvalue weighted by Crippen LogP contribution is 2.33. The molecule has 1 aromatic carbocycles. The van der Waals surface area contributed by atoms with Crippen molar-refractivity contribution in [3.8, 4) is 0 Å². The van der Waals surface area contributed by atoms with Crippen LogP contribution in [0.3, 0.4) is 0 Å². The molecule has 0 spiro atoms. The van der Waals surface area contributed by atoms with Gasteiger partial charge < -0.3 is 10.8 Å². The van der Waals surface area contributed by atoms with Gasteiger partial charge in [-0.3, -0.25) is 0 Å². The molecule has 0 aliphatic carbocycles. The molecule has 0 aliphatic rings. The third-order valence-electron chi connectivity index (χ3n) is 2.70. The lowest BCUT2D eigenvalue weighted by Gasteiger charge is -2.28. The maximum atomic E-state index is 9.02. The Balaban J connectivity index is 3.12. The van der Waals surface area contributed by atoms with E-state index in [9.17, 15) is 0 Å². The molecule has 0 amide bonds. The second-order valence-corrected chi connectivity index (χ2v) is 4.71. The number of aliphatic hydroxyl groups excluding tert-OH is 1. The molecule has 0 aliphatic heterocycles. The normalized spacial score (nSPS) is 15.0. The van der Waals surface area contributed by atoms with Crippen molar-refractivity contribution in [2.45, 2.75) is 18.8 Å². The van der Waals surface area contributed by atoms with Crippen molar-refractivity contribution in [3.05, 3.63) is 33.8 Å². The molecule has 2 nitrogen and oxygen atoms in total. The van der Waals surface area contributed by atoms with Crippen molar-refractivity contribution >= 4 is 23.2 Å². The van der Waals surface area contributed by atoms with E-state index >= 15 is 0 Å². The van der Waals surface area contributed by atoms with Gasteiger partial charge in [-0.05, 0) is 24.1 Å². The molecule has 1 unspecified atom stereocenters. The van der Waals surface area contributed by atoms with Crippen LogP contribution in [-0.4, -0.2) is 18.3 Å². The summed E-state index contributed by atoms with van der Waals surface area (Å²) in [5.74, 6) is 0. The predicted molar refractivity (Wildman–Crippen MR) is 64.6 cm³/mol. The quantitative estimate of drug-likeness (QED) is 0.860. The van der Waals surface area contributed by atoms with Gasteiger partial charge in [-0.15, -0.1) is 0 Å². The van der Waals surface area contributed by atoms with Crippen LogP contribution in [0.2, 0.25) is 10.0 Å². The van der Waals surface area contributed by atoms with Crippen LogP contribution in [0.1, 0.15) is 18.9 Å². The van der Waals surface area contributed by atoms with Crippen LogP contribution in [0.15, 0.2) is 18.2 Å². The maximum Gasteiger partial charge on any atom is 0.0458 e. The Bertz CT molecular complexity index is 343. The van der Waals surface area contributed by atoms with Crippen LogP contribution in [0.4, 0.5) is 0 Å². The Hall–Kier alpha value is -0.280. The Morgan fingerprint density at radius 1 is 1.40 bits per heavy atom. The molecule has 0 radical (unpaired) electrons. The van der Waals surface area contributed by atoms with Crippen molar-refractivity contribution in [1.29, 1.82) is 0 Å². The Kier molecular flexibility index (Phi) is 4.41. The molecule has 0 aromatic heterocycles. The van der Waals surface area contributed by atoms with Gasteiger partial charge in [0.05, 0.1) is 0 Å². The van der Waals surface area contributed by atoms with Gasteiger partial charge in [-0.25, -0.2) is 0 Å². The number of halogens is 2. The lowest BCUT2D eigenvalue weighted by Crippen LogP contribution is -2.33. The molecule has 0 bridgehead atoms. The number of hydrogen-bond donors (Lipinski definition) is 2. The largest absolute Gasteiger partial charge is 0.396 e. The van der Waals surface area contributed by atoms with Crippen molar-refractivity contribution in [3.63, 3.8) is 0 Å². The Morgan fingerprint density at radius 3 is 2.53 bits per heavy atom. The van der Waals surface area contributed by atoms with Gasteiger partial charge in [-0.2, -0.15) is 0 Å². The molecular weight excluding hydrogens is 233 g/mol. The van der Waals surface area contributed by atoms with Gasteiger partial charge in [0.1, 0.15) is 0 Å². The monoisotopic (exact) mass is 247 g/mol. The van der Waals surface area contributed by atoms with E-state index in [1.807, 2.05) is 13.0 Å². The predicted octanol–water partition coefficient (Wildman–Crippen LogP) is 2.59. The highest BCUT2D eigenvalue weighted by atomic mass is 35.5. The average Bonchev–Trinajstić information content (AvgIpc) is 2.17. The zero-order valence-electron chi connectivity index (χ0n) is 8.63. The van der Waals surface area contributed by atoms with Gasteiger partial charge in [0, 0.05) is 28.6 Å². The first-order chi connectivity index (χ1) is 7.03. The molecule has 1 rings (SSSR count). The summed E-state index contributed by atoms with van der Waals surface area (Å²) in [6.45, 7) is 2.51. The number of hydrogen-bond acceptors (Lipinski definition) is 2. The third kappa shape index (κ3) is 2.85. The van der Waals surface area contributed by atoms with E-state index in [2.05, 4.69) is 0 Å². The van der Waals surface area contributed by atoms with Crippen LogP contribution in [-0.2, 0) is 5.41 Å². The summed E-state index contributed by atoms with van der Waals surface area (Å²) in [6.07, 6.45) is 0.588. The van der Waals surface area contributed by atoms with Crippen LogP contribution < -0.4 is 5.73 Å². The van der Waals surface area contributed by atoms with Crippen LogP contribution in [0.25, 0.3) is 0 Å². The molecule has 0 saturated carbocycles. The number of aliphatic hydroxyl groups is 1. The minimum absolute atomic E-state index is 0.0899. The van der Waals surface area contributed by atoms with Crippen LogP contribution >= 0.6 is 23.2 Å². The SMILES string of the molecule is CC(CN)(CCO)c1ccc(Cl)cc1Cl. The molecule has 0 saturated heterocycles. The van der Waals surface area contributed by atoms with Gasteiger partial charge in [0.25, 0.3) is 0 Å². The van der Waals surface area contributed by atoms with E-state index in [-0.39, 0.29) is 12.0 Å². The first kappa shape index (κ1) is 12.8. The number of nitrogens with two attached hydrogens (primary N) is 1. The first-order valence-corrected chi connectivity index (χ1v) is 5.55. The zero-order valence-corrected chi connectivity index (χ0v) is 10.1. The highest BCUT2D eigenvalue weighted by Gasteiger charge is 2.26. The van der Waals surface area contributed by atoms with Crippen molar-refractivity contribution in [2.75, 3.05) is 13.2 Å². The zero-order chi connectivity index (χ0) is 11.5. The van der Waals surface area contributed by atoms with E-state index in [0.29, 0.717) is 23.0 Å². The fraction of sp³-hybridized carbons (Fsp3) is 0.455. The molecule has 0 heterocycles. The van der Waals surface area contributed by atoms with Crippen molar-refractivity contribution < 1.29 is 5.11 Å². The summed E-state index contributed by atoms with van der Waals surface area (Å²) < 4.78 is 0. The third-order valence-corrected chi connectivity index (χ3v) is 3.24. The fourth-order valence-electron chi connectivity index (χ4n) is 1.57. The molecular formula is C11H15Cl2NO. The average molecular weight is 248 g/mol. The molecule has 0 fully saturated rings. The van der Waals surface area contributed by atoms with Crippen LogP contribution in [0, 0.1) is 0 Å². The summed E-state index contributed by atoms with van der Waals surface area (Å²) in [7, 11) is 0. The van der Waals surface area contributed by atoms with Gasteiger partial charge in [0.2, 0.25) is 0 Å². The standard InChI is InChI=1S/C11H15Cl2NO/c1-11(7-14,4-5-15)9-3-2-8(12)6-10(9)13/h2-3,6,15H,4-5,7,14H2,1H3. The summed E-state index contributed by atoms with van der Waals surface area (Å²) in [5.41, 5.74) is 6.37. The van der Waals surface area contributed by atoms with E-state index < -0.39 is 0 Å². The second-order valence-electron chi connectivity index (χ2n) is 3.86. The smallest absolute Gasteiger partial charge is 0.0458 e. The summed E-state index contributed by atoms with van der Waals surface area (Å²) >= 11 is 11.9. The first-order valence-electron chi connectivity index (χ1n) is 4.80.